The number of fused-ring (bicyclic) bond motifs is 1. The number of nitrogens with zero attached hydrogens (tertiary/aromatic N) is 2. The molecular weight excluding hydrogens is 488 g/mol. The molecule has 1 aliphatic heterocycles. The first-order chi connectivity index (χ1) is 18.7. The summed E-state index contributed by atoms with van der Waals surface area (Å²) < 4.78 is 6.19. The van der Waals surface area contributed by atoms with Gasteiger partial charge in [0.2, 0.25) is 0 Å². The van der Waals surface area contributed by atoms with Crippen LogP contribution in [-0.2, 0) is 11.4 Å². The zero-order valence-corrected chi connectivity index (χ0v) is 22.1. The second-order valence-electron chi connectivity index (χ2n) is 9.81. The Morgan fingerprint density at radius 2 is 1.63 bits per heavy atom. The van der Waals surface area contributed by atoms with Crippen molar-refractivity contribution < 1.29 is 9.53 Å². The lowest BCUT2D eigenvalue weighted by molar-refractivity contribution is -0.124. The van der Waals surface area contributed by atoms with E-state index in [9.17, 15) is 4.79 Å². The summed E-state index contributed by atoms with van der Waals surface area (Å²) in [6, 6.07) is 32.7. The number of amides is 1. The van der Waals surface area contributed by atoms with E-state index in [2.05, 4.69) is 42.5 Å². The highest BCUT2D eigenvalue weighted by Crippen LogP contribution is 2.38. The third-order valence-electron chi connectivity index (χ3n) is 7.19. The summed E-state index contributed by atoms with van der Waals surface area (Å²) in [6.07, 6.45) is 7.60. The third kappa shape index (κ3) is 5.39. The van der Waals surface area contributed by atoms with Gasteiger partial charge in [-0.15, -0.1) is 0 Å². The number of carbonyl (C=O) groups is 1. The molecule has 190 valence electrons. The molecule has 0 bridgehead atoms. The van der Waals surface area contributed by atoms with Gasteiger partial charge in [-0.3, -0.25) is 9.69 Å². The van der Waals surface area contributed by atoms with Gasteiger partial charge < -0.3 is 4.74 Å². The van der Waals surface area contributed by atoms with Crippen LogP contribution in [0.2, 0.25) is 0 Å². The Labute approximate surface area is 228 Å². The van der Waals surface area contributed by atoms with E-state index in [0.29, 0.717) is 11.5 Å². The number of benzene rings is 4. The Balaban J connectivity index is 1.24. The van der Waals surface area contributed by atoms with Crippen molar-refractivity contribution in [1.82, 2.24) is 4.90 Å². The average molecular weight is 519 g/mol. The van der Waals surface area contributed by atoms with Gasteiger partial charge in [-0.25, -0.2) is 4.99 Å². The maximum atomic E-state index is 13.7. The molecule has 4 nitrogen and oxygen atoms in total. The van der Waals surface area contributed by atoms with Gasteiger partial charge in [-0.1, -0.05) is 92.1 Å². The molecule has 0 spiro atoms. The average Bonchev–Trinajstić information content (AvgIpc) is 3.26. The van der Waals surface area contributed by atoms with E-state index in [0.717, 1.165) is 53.4 Å². The van der Waals surface area contributed by atoms with E-state index in [1.807, 2.05) is 65.6 Å². The van der Waals surface area contributed by atoms with E-state index in [4.69, 9.17) is 9.73 Å². The van der Waals surface area contributed by atoms with Crippen molar-refractivity contribution in [1.29, 1.82) is 0 Å². The van der Waals surface area contributed by atoms with Crippen LogP contribution in [0.15, 0.2) is 107 Å². The maximum Gasteiger partial charge on any atom is 0.267 e. The lowest BCUT2D eigenvalue weighted by Crippen LogP contribution is -2.40. The number of hydrogen-bond donors (Lipinski definition) is 0. The number of para-hydroxylation sites is 1. The van der Waals surface area contributed by atoms with Gasteiger partial charge in [0.25, 0.3) is 5.91 Å². The van der Waals surface area contributed by atoms with E-state index < -0.39 is 0 Å². The van der Waals surface area contributed by atoms with E-state index in [-0.39, 0.29) is 11.9 Å². The molecule has 38 heavy (non-hydrogen) atoms. The minimum absolute atomic E-state index is 0.0543. The summed E-state index contributed by atoms with van der Waals surface area (Å²) in [6.45, 7) is 0.485. The molecule has 1 amide bonds. The fraction of sp³-hybridized carbons (Fsp3) is 0.212. The number of carbonyl (C=O) groups excluding carboxylic acids is 1. The number of ether oxygens (including phenoxy) is 1. The molecule has 1 heterocycles. The Morgan fingerprint density at radius 3 is 2.50 bits per heavy atom. The van der Waals surface area contributed by atoms with E-state index in [1.165, 1.54) is 29.0 Å². The Hall–Kier alpha value is -3.83. The minimum Gasteiger partial charge on any atom is -0.489 e. The van der Waals surface area contributed by atoms with Gasteiger partial charge in [0.1, 0.15) is 12.4 Å². The molecule has 0 unspecified atom stereocenters. The summed E-state index contributed by atoms with van der Waals surface area (Å²) in [7, 11) is 0. The van der Waals surface area contributed by atoms with Crippen molar-refractivity contribution in [2.45, 2.75) is 44.8 Å². The molecule has 4 aromatic rings. The molecule has 1 aliphatic carbocycles. The molecule has 6 rings (SSSR count). The van der Waals surface area contributed by atoms with Crippen LogP contribution in [0.5, 0.6) is 5.75 Å². The number of aliphatic imine (C=N–C) groups is 1. The molecule has 1 saturated heterocycles. The van der Waals surface area contributed by atoms with Crippen molar-refractivity contribution in [3.63, 3.8) is 0 Å². The lowest BCUT2D eigenvalue weighted by atomic mass is 9.94. The zero-order chi connectivity index (χ0) is 25.7. The standard InChI is InChI=1S/C33H30N2O2S/c36-32-31(38-33(34-27-15-3-1-4-16-27)35(32)28-17-5-2-6-18-28)22-24-11-9-19-29(21-24)37-23-26-14-10-13-25-12-7-8-20-30(25)26/h1,3-4,7-16,19-22,28H,2,5-6,17-18,23H2/b31-22+,34-33?. The van der Waals surface area contributed by atoms with Gasteiger partial charge in [-0.2, -0.15) is 0 Å². The third-order valence-corrected chi connectivity index (χ3v) is 8.17. The summed E-state index contributed by atoms with van der Waals surface area (Å²) >= 11 is 1.47. The number of hydrogen-bond acceptors (Lipinski definition) is 4. The molecule has 5 heteroatoms. The Kier molecular flexibility index (Phi) is 7.27. The summed E-state index contributed by atoms with van der Waals surface area (Å²) in [5.74, 6) is 0.837. The number of amidine groups is 1. The predicted molar refractivity (Wildman–Crippen MR) is 158 cm³/mol. The molecule has 2 fully saturated rings. The van der Waals surface area contributed by atoms with Gasteiger partial charge >= 0.3 is 0 Å². The lowest BCUT2D eigenvalue weighted by Gasteiger charge is -2.30. The molecular formula is C33H30N2O2S. The summed E-state index contributed by atoms with van der Waals surface area (Å²) in [5, 5.41) is 3.19. The molecule has 4 aromatic carbocycles. The van der Waals surface area contributed by atoms with Crippen LogP contribution < -0.4 is 4.74 Å². The highest BCUT2D eigenvalue weighted by atomic mass is 32.2. The SMILES string of the molecule is O=C1/C(=C\c2cccc(OCc3cccc4ccccc34)c2)SC(=Nc2ccccc2)N1C1CCCCC1. The highest BCUT2D eigenvalue weighted by molar-refractivity contribution is 8.18. The summed E-state index contributed by atoms with van der Waals surface area (Å²) in [5.41, 5.74) is 2.97. The fourth-order valence-corrected chi connectivity index (χ4v) is 6.32. The molecule has 2 aliphatic rings. The minimum atomic E-state index is 0.0543. The van der Waals surface area contributed by atoms with Crippen LogP contribution in [-0.4, -0.2) is 22.0 Å². The first kappa shape index (κ1) is 24.5. The highest BCUT2D eigenvalue weighted by Gasteiger charge is 2.38. The molecule has 0 radical (unpaired) electrons. The van der Waals surface area contributed by atoms with Crippen molar-refractivity contribution >= 4 is 45.4 Å². The van der Waals surface area contributed by atoms with Gasteiger partial charge in [0.05, 0.1) is 10.6 Å². The smallest absolute Gasteiger partial charge is 0.267 e. The van der Waals surface area contributed by atoms with Crippen molar-refractivity contribution in [2.24, 2.45) is 4.99 Å². The van der Waals surface area contributed by atoms with Crippen LogP contribution in [0.4, 0.5) is 5.69 Å². The van der Waals surface area contributed by atoms with Crippen LogP contribution in [0.1, 0.15) is 43.2 Å². The Morgan fingerprint density at radius 1 is 0.868 bits per heavy atom. The van der Waals surface area contributed by atoms with E-state index >= 15 is 0 Å². The molecule has 0 N–H and O–H groups in total. The van der Waals surface area contributed by atoms with Crippen LogP contribution in [0, 0.1) is 0 Å². The second kappa shape index (κ2) is 11.3. The Bertz CT molecular complexity index is 1500. The molecule has 0 aromatic heterocycles. The van der Waals surface area contributed by atoms with Gasteiger partial charge in [-0.05, 0) is 76.8 Å². The second-order valence-corrected chi connectivity index (χ2v) is 10.8. The predicted octanol–water partition coefficient (Wildman–Crippen LogP) is 8.36. The van der Waals surface area contributed by atoms with Crippen molar-refractivity contribution in [3.8, 4) is 5.75 Å². The topological polar surface area (TPSA) is 41.9 Å². The number of thioether (sulfide) groups is 1. The molecule has 0 atom stereocenters. The van der Waals surface area contributed by atoms with Crippen LogP contribution in [0.25, 0.3) is 16.8 Å². The first-order valence-electron chi connectivity index (χ1n) is 13.3. The summed E-state index contributed by atoms with van der Waals surface area (Å²) in [4.78, 5) is 21.2. The zero-order valence-electron chi connectivity index (χ0n) is 21.3. The fourth-order valence-electron chi connectivity index (χ4n) is 5.26. The number of rotatable bonds is 6. The van der Waals surface area contributed by atoms with E-state index in [1.54, 1.807) is 0 Å². The van der Waals surface area contributed by atoms with Crippen LogP contribution in [0.3, 0.4) is 0 Å². The largest absolute Gasteiger partial charge is 0.489 e. The van der Waals surface area contributed by atoms with Crippen LogP contribution >= 0.6 is 11.8 Å². The molecule has 1 saturated carbocycles. The monoisotopic (exact) mass is 518 g/mol. The quantitative estimate of drug-likeness (QED) is 0.241. The normalized spacial score (nSPS) is 18.5. The van der Waals surface area contributed by atoms with Gasteiger partial charge in [0.15, 0.2) is 5.17 Å². The first-order valence-corrected chi connectivity index (χ1v) is 14.1. The van der Waals surface area contributed by atoms with Crippen molar-refractivity contribution in [3.05, 3.63) is 113 Å². The maximum absolute atomic E-state index is 13.7. The van der Waals surface area contributed by atoms with Gasteiger partial charge in [0, 0.05) is 6.04 Å². The van der Waals surface area contributed by atoms with Crippen molar-refractivity contribution in [2.75, 3.05) is 0 Å².